The van der Waals surface area contributed by atoms with E-state index in [4.69, 9.17) is 0 Å². The van der Waals surface area contributed by atoms with Crippen LogP contribution in [0.3, 0.4) is 0 Å². The standard InChI is InChI=1S/C15H21NO/c1-12-6-8-14(9-7-12)15(17)11-16(2)10-13-4-3-5-13/h6-9,13H,3-5,10-11H2,1-2H3. The number of nitrogens with zero attached hydrogens (tertiary/aromatic N) is 1. The van der Waals surface area contributed by atoms with Crippen molar-refractivity contribution in [1.82, 2.24) is 4.90 Å². The van der Waals surface area contributed by atoms with Crippen molar-refractivity contribution in [1.29, 1.82) is 0 Å². The summed E-state index contributed by atoms with van der Waals surface area (Å²) in [6.07, 6.45) is 4.04. The molecule has 2 rings (SSSR count). The molecule has 0 amide bonds. The van der Waals surface area contributed by atoms with Gasteiger partial charge in [0.15, 0.2) is 5.78 Å². The van der Waals surface area contributed by atoms with Gasteiger partial charge in [-0.15, -0.1) is 0 Å². The highest BCUT2D eigenvalue weighted by Gasteiger charge is 2.20. The normalized spacial score (nSPS) is 15.9. The SMILES string of the molecule is Cc1ccc(C(=O)CN(C)CC2CCC2)cc1. The van der Waals surface area contributed by atoms with Gasteiger partial charge < -0.3 is 0 Å². The first-order chi connectivity index (χ1) is 8.15. The van der Waals surface area contributed by atoms with E-state index >= 15 is 0 Å². The van der Waals surface area contributed by atoms with Crippen LogP contribution in [-0.4, -0.2) is 30.8 Å². The number of benzene rings is 1. The zero-order valence-corrected chi connectivity index (χ0v) is 10.8. The molecule has 0 spiro atoms. The number of ketones is 1. The lowest BCUT2D eigenvalue weighted by Gasteiger charge is -2.29. The maximum absolute atomic E-state index is 12.0. The second-order valence-electron chi connectivity index (χ2n) is 5.28. The lowest BCUT2D eigenvalue weighted by Crippen LogP contribution is -2.33. The number of rotatable bonds is 5. The van der Waals surface area contributed by atoms with Gasteiger partial charge in [0, 0.05) is 12.1 Å². The van der Waals surface area contributed by atoms with Crippen molar-refractivity contribution in [2.45, 2.75) is 26.2 Å². The van der Waals surface area contributed by atoms with E-state index in [1.807, 2.05) is 38.2 Å². The van der Waals surface area contributed by atoms with Gasteiger partial charge in [-0.25, -0.2) is 0 Å². The van der Waals surface area contributed by atoms with E-state index in [1.54, 1.807) is 0 Å². The Morgan fingerprint density at radius 2 is 1.94 bits per heavy atom. The molecule has 1 fully saturated rings. The predicted octanol–water partition coefficient (Wildman–Crippen LogP) is 2.91. The van der Waals surface area contributed by atoms with Gasteiger partial charge in [0.25, 0.3) is 0 Å². The van der Waals surface area contributed by atoms with Crippen LogP contribution in [-0.2, 0) is 0 Å². The molecule has 0 unspecified atom stereocenters. The Kier molecular flexibility index (Phi) is 3.95. The molecule has 0 aliphatic heterocycles. The van der Waals surface area contributed by atoms with Crippen molar-refractivity contribution in [3.05, 3.63) is 35.4 Å². The van der Waals surface area contributed by atoms with E-state index in [9.17, 15) is 4.79 Å². The van der Waals surface area contributed by atoms with Gasteiger partial charge in [0.1, 0.15) is 0 Å². The summed E-state index contributed by atoms with van der Waals surface area (Å²) in [6, 6.07) is 7.85. The van der Waals surface area contributed by atoms with Crippen LogP contribution in [0, 0.1) is 12.8 Å². The van der Waals surface area contributed by atoms with Crippen LogP contribution < -0.4 is 0 Å². The summed E-state index contributed by atoms with van der Waals surface area (Å²) in [7, 11) is 2.05. The first-order valence-corrected chi connectivity index (χ1v) is 6.43. The smallest absolute Gasteiger partial charge is 0.176 e. The van der Waals surface area contributed by atoms with Crippen LogP contribution in [0.1, 0.15) is 35.2 Å². The zero-order chi connectivity index (χ0) is 12.3. The third-order valence-electron chi connectivity index (χ3n) is 3.58. The fourth-order valence-corrected chi connectivity index (χ4v) is 2.26. The Bertz CT molecular complexity index is 378. The summed E-state index contributed by atoms with van der Waals surface area (Å²) >= 11 is 0. The molecule has 2 nitrogen and oxygen atoms in total. The molecule has 0 N–H and O–H groups in total. The molecule has 0 bridgehead atoms. The number of hydrogen-bond donors (Lipinski definition) is 0. The molecule has 1 aliphatic rings. The third kappa shape index (κ3) is 3.40. The minimum Gasteiger partial charge on any atom is -0.299 e. The van der Waals surface area contributed by atoms with Crippen LogP contribution in [0.15, 0.2) is 24.3 Å². The lowest BCUT2D eigenvalue weighted by molar-refractivity contribution is 0.0925. The highest BCUT2D eigenvalue weighted by molar-refractivity contribution is 5.97. The Balaban J connectivity index is 1.85. The van der Waals surface area contributed by atoms with Gasteiger partial charge in [0.2, 0.25) is 0 Å². The van der Waals surface area contributed by atoms with Crippen LogP contribution in [0.5, 0.6) is 0 Å². The molecular weight excluding hydrogens is 210 g/mol. The van der Waals surface area contributed by atoms with E-state index in [0.717, 1.165) is 18.0 Å². The molecule has 1 aromatic rings. The molecule has 0 heterocycles. The minimum atomic E-state index is 0.229. The first kappa shape index (κ1) is 12.3. The van der Waals surface area contributed by atoms with Crippen molar-refractivity contribution < 1.29 is 4.79 Å². The molecular formula is C15H21NO. The average Bonchev–Trinajstić information content (AvgIpc) is 2.24. The molecule has 2 heteroatoms. The van der Waals surface area contributed by atoms with Crippen molar-refractivity contribution >= 4 is 5.78 Å². The summed E-state index contributed by atoms with van der Waals surface area (Å²) in [5.41, 5.74) is 2.03. The van der Waals surface area contributed by atoms with E-state index in [-0.39, 0.29) is 5.78 Å². The second kappa shape index (κ2) is 5.46. The summed E-state index contributed by atoms with van der Waals surface area (Å²) in [5.74, 6) is 1.05. The Morgan fingerprint density at radius 1 is 1.29 bits per heavy atom. The minimum absolute atomic E-state index is 0.229. The van der Waals surface area contributed by atoms with Crippen LogP contribution in [0.2, 0.25) is 0 Å². The zero-order valence-electron chi connectivity index (χ0n) is 10.8. The van der Waals surface area contributed by atoms with Gasteiger partial charge >= 0.3 is 0 Å². The fraction of sp³-hybridized carbons (Fsp3) is 0.533. The summed E-state index contributed by atoms with van der Waals surface area (Å²) < 4.78 is 0. The van der Waals surface area contributed by atoms with Crippen molar-refractivity contribution in [2.75, 3.05) is 20.1 Å². The number of aryl methyl sites for hydroxylation is 1. The van der Waals surface area contributed by atoms with Gasteiger partial charge in [-0.1, -0.05) is 36.2 Å². The van der Waals surface area contributed by atoms with E-state index in [2.05, 4.69) is 4.90 Å². The van der Waals surface area contributed by atoms with Crippen molar-refractivity contribution in [3.63, 3.8) is 0 Å². The molecule has 0 saturated heterocycles. The second-order valence-corrected chi connectivity index (χ2v) is 5.28. The largest absolute Gasteiger partial charge is 0.299 e. The third-order valence-corrected chi connectivity index (χ3v) is 3.58. The van der Waals surface area contributed by atoms with E-state index < -0.39 is 0 Å². The monoisotopic (exact) mass is 231 g/mol. The molecule has 1 aromatic carbocycles. The van der Waals surface area contributed by atoms with E-state index in [1.165, 1.54) is 24.8 Å². The van der Waals surface area contributed by atoms with Crippen molar-refractivity contribution in [3.8, 4) is 0 Å². The molecule has 0 atom stereocenters. The van der Waals surface area contributed by atoms with Crippen LogP contribution in [0.25, 0.3) is 0 Å². The highest BCUT2D eigenvalue weighted by Crippen LogP contribution is 2.26. The number of hydrogen-bond acceptors (Lipinski definition) is 2. The molecule has 17 heavy (non-hydrogen) atoms. The molecule has 1 saturated carbocycles. The molecule has 92 valence electrons. The van der Waals surface area contributed by atoms with Gasteiger partial charge in [0.05, 0.1) is 6.54 Å². The van der Waals surface area contributed by atoms with Crippen molar-refractivity contribution in [2.24, 2.45) is 5.92 Å². The Hall–Kier alpha value is -1.15. The Morgan fingerprint density at radius 3 is 2.47 bits per heavy atom. The van der Waals surface area contributed by atoms with Crippen LogP contribution >= 0.6 is 0 Å². The quantitative estimate of drug-likeness (QED) is 0.726. The molecule has 0 aromatic heterocycles. The average molecular weight is 231 g/mol. The lowest BCUT2D eigenvalue weighted by atomic mass is 9.85. The first-order valence-electron chi connectivity index (χ1n) is 6.43. The maximum Gasteiger partial charge on any atom is 0.176 e. The number of likely N-dealkylation sites (N-methyl/N-ethyl adjacent to an activating group) is 1. The molecule has 0 radical (unpaired) electrons. The van der Waals surface area contributed by atoms with Crippen LogP contribution in [0.4, 0.5) is 0 Å². The number of carbonyl (C=O) groups excluding carboxylic acids is 1. The van der Waals surface area contributed by atoms with Gasteiger partial charge in [-0.05, 0) is 32.7 Å². The predicted molar refractivity (Wildman–Crippen MR) is 70.3 cm³/mol. The topological polar surface area (TPSA) is 20.3 Å². The summed E-state index contributed by atoms with van der Waals surface area (Å²) in [6.45, 7) is 3.65. The number of carbonyl (C=O) groups is 1. The van der Waals surface area contributed by atoms with Gasteiger partial charge in [-0.3, -0.25) is 9.69 Å². The fourth-order valence-electron chi connectivity index (χ4n) is 2.26. The van der Waals surface area contributed by atoms with E-state index in [0.29, 0.717) is 6.54 Å². The molecule has 1 aliphatic carbocycles. The summed E-state index contributed by atoms with van der Waals surface area (Å²) in [5, 5.41) is 0. The number of Topliss-reactive ketones (excluding diaryl/α,β-unsaturated/α-hetero) is 1. The maximum atomic E-state index is 12.0. The highest BCUT2D eigenvalue weighted by atomic mass is 16.1. The summed E-state index contributed by atoms with van der Waals surface area (Å²) in [4.78, 5) is 14.2. The van der Waals surface area contributed by atoms with Gasteiger partial charge in [-0.2, -0.15) is 0 Å². The Labute approximate surface area is 104 Å².